The van der Waals surface area contributed by atoms with Gasteiger partial charge in [-0.2, -0.15) is 0 Å². The summed E-state index contributed by atoms with van der Waals surface area (Å²) in [5.41, 5.74) is 2.28. The molecule has 1 aliphatic heterocycles. The first-order chi connectivity index (χ1) is 9.25. The maximum absolute atomic E-state index is 9.98. The molecule has 0 amide bonds. The molecule has 1 aliphatic rings. The van der Waals surface area contributed by atoms with Crippen molar-refractivity contribution < 1.29 is 5.11 Å². The predicted molar refractivity (Wildman–Crippen MR) is 78.3 cm³/mol. The normalized spacial score (nSPS) is 17.7. The van der Waals surface area contributed by atoms with Crippen molar-refractivity contribution in [2.45, 2.75) is 32.2 Å². The first-order valence-electron chi connectivity index (χ1n) is 7.24. The fourth-order valence-electron chi connectivity index (χ4n) is 3.19. The number of phenolic OH excluding ortho intramolecular Hbond substituents is 1. The van der Waals surface area contributed by atoms with E-state index < -0.39 is 0 Å². The second-order valence-electron chi connectivity index (χ2n) is 5.63. The van der Waals surface area contributed by atoms with Crippen LogP contribution in [0.25, 0.3) is 10.9 Å². The van der Waals surface area contributed by atoms with E-state index in [0.717, 1.165) is 12.1 Å². The van der Waals surface area contributed by atoms with E-state index in [1.807, 2.05) is 17.7 Å². The van der Waals surface area contributed by atoms with Crippen LogP contribution in [-0.2, 0) is 13.6 Å². The number of hydrogen-bond acceptors (Lipinski definition) is 2. The third-order valence-corrected chi connectivity index (χ3v) is 4.16. The Labute approximate surface area is 114 Å². The lowest BCUT2D eigenvalue weighted by Gasteiger charge is -2.19. The molecule has 1 fully saturated rings. The minimum Gasteiger partial charge on any atom is -0.506 e. The average molecular weight is 258 g/mol. The van der Waals surface area contributed by atoms with Crippen LogP contribution in [0, 0.1) is 0 Å². The Bertz CT molecular complexity index is 565. The molecule has 102 valence electrons. The first-order valence-corrected chi connectivity index (χ1v) is 7.24. The van der Waals surface area contributed by atoms with Gasteiger partial charge in [-0.05, 0) is 37.6 Å². The summed E-state index contributed by atoms with van der Waals surface area (Å²) >= 11 is 0. The van der Waals surface area contributed by atoms with Gasteiger partial charge < -0.3 is 9.67 Å². The van der Waals surface area contributed by atoms with Crippen LogP contribution in [0.5, 0.6) is 5.75 Å². The summed E-state index contributed by atoms with van der Waals surface area (Å²) < 4.78 is 2.04. The molecule has 1 N–H and O–H groups in total. The van der Waals surface area contributed by atoms with E-state index in [2.05, 4.69) is 17.2 Å². The predicted octanol–water partition coefficient (Wildman–Crippen LogP) is 3.26. The van der Waals surface area contributed by atoms with Crippen molar-refractivity contribution >= 4 is 10.9 Å². The van der Waals surface area contributed by atoms with Crippen molar-refractivity contribution in [3.05, 3.63) is 30.0 Å². The number of aromatic nitrogens is 1. The van der Waals surface area contributed by atoms with E-state index in [0.29, 0.717) is 5.75 Å². The van der Waals surface area contributed by atoms with Crippen LogP contribution in [0.4, 0.5) is 0 Å². The number of para-hydroxylation sites is 1. The number of aryl methyl sites for hydroxylation is 1. The van der Waals surface area contributed by atoms with Gasteiger partial charge in [0.1, 0.15) is 5.75 Å². The van der Waals surface area contributed by atoms with Crippen molar-refractivity contribution in [2.75, 3.05) is 13.1 Å². The smallest absolute Gasteiger partial charge is 0.139 e. The van der Waals surface area contributed by atoms with Gasteiger partial charge in [0.15, 0.2) is 0 Å². The van der Waals surface area contributed by atoms with Gasteiger partial charge in [0.05, 0.1) is 5.52 Å². The van der Waals surface area contributed by atoms with Crippen molar-refractivity contribution in [3.63, 3.8) is 0 Å². The van der Waals surface area contributed by atoms with E-state index in [4.69, 9.17) is 0 Å². The zero-order chi connectivity index (χ0) is 13.2. The van der Waals surface area contributed by atoms with Crippen molar-refractivity contribution in [1.29, 1.82) is 0 Å². The van der Waals surface area contributed by atoms with E-state index >= 15 is 0 Å². The molecule has 3 rings (SSSR count). The summed E-state index contributed by atoms with van der Waals surface area (Å²) in [6.07, 6.45) is 7.53. The fourth-order valence-corrected chi connectivity index (χ4v) is 3.19. The summed E-state index contributed by atoms with van der Waals surface area (Å²) in [5, 5.41) is 11.2. The molecule has 1 saturated heterocycles. The quantitative estimate of drug-likeness (QED) is 0.895. The number of fused-ring (bicyclic) bond motifs is 1. The van der Waals surface area contributed by atoms with Crippen LogP contribution in [-0.4, -0.2) is 27.7 Å². The Morgan fingerprint density at radius 3 is 2.58 bits per heavy atom. The highest BCUT2D eigenvalue weighted by Gasteiger charge is 2.14. The monoisotopic (exact) mass is 258 g/mol. The molecule has 3 heteroatoms. The van der Waals surface area contributed by atoms with Crippen LogP contribution < -0.4 is 0 Å². The molecular formula is C16H22N2O. The lowest BCUT2D eigenvalue weighted by molar-refractivity contribution is 0.278. The lowest BCUT2D eigenvalue weighted by Crippen LogP contribution is -2.23. The summed E-state index contributed by atoms with van der Waals surface area (Å²) in [7, 11) is 2.01. The largest absolute Gasteiger partial charge is 0.506 e. The maximum Gasteiger partial charge on any atom is 0.139 e. The molecule has 2 heterocycles. The molecule has 0 unspecified atom stereocenters. The van der Waals surface area contributed by atoms with Crippen molar-refractivity contribution in [2.24, 2.45) is 7.05 Å². The van der Waals surface area contributed by atoms with Gasteiger partial charge >= 0.3 is 0 Å². The van der Waals surface area contributed by atoms with Crippen LogP contribution in [0.2, 0.25) is 0 Å². The van der Waals surface area contributed by atoms with Crippen LogP contribution in [0.15, 0.2) is 24.4 Å². The average Bonchev–Trinajstić information content (AvgIpc) is 2.58. The topological polar surface area (TPSA) is 28.4 Å². The Hall–Kier alpha value is -1.48. The molecule has 0 aliphatic carbocycles. The zero-order valence-corrected chi connectivity index (χ0v) is 11.6. The summed E-state index contributed by atoms with van der Waals surface area (Å²) in [5.74, 6) is 0.377. The number of likely N-dealkylation sites (tertiary alicyclic amines) is 1. The molecule has 0 bridgehead atoms. The number of nitrogens with zero attached hydrogens (tertiary/aromatic N) is 2. The fraction of sp³-hybridized carbons (Fsp3) is 0.500. The molecule has 0 spiro atoms. The minimum absolute atomic E-state index is 0.377. The number of aromatic hydroxyl groups is 1. The molecular weight excluding hydrogens is 236 g/mol. The molecule has 0 saturated carbocycles. The van der Waals surface area contributed by atoms with Gasteiger partial charge in [0, 0.05) is 25.2 Å². The maximum atomic E-state index is 9.98. The Morgan fingerprint density at radius 2 is 1.84 bits per heavy atom. The number of hydrogen-bond donors (Lipinski definition) is 1. The van der Waals surface area contributed by atoms with E-state index in [9.17, 15) is 5.11 Å². The Morgan fingerprint density at radius 1 is 1.11 bits per heavy atom. The van der Waals surface area contributed by atoms with Gasteiger partial charge in [0.2, 0.25) is 0 Å². The molecule has 3 nitrogen and oxygen atoms in total. The summed E-state index contributed by atoms with van der Waals surface area (Å²) in [6, 6.07) is 5.81. The van der Waals surface area contributed by atoms with Gasteiger partial charge in [0.25, 0.3) is 0 Å². The van der Waals surface area contributed by atoms with Crippen LogP contribution >= 0.6 is 0 Å². The summed E-state index contributed by atoms with van der Waals surface area (Å²) in [4.78, 5) is 2.55. The standard InChI is InChI=1S/C16H22N2O/c1-17-11-13(12-18-9-4-2-3-5-10-18)14-7-6-8-15(19)16(14)17/h6-8,11,19H,2-5,9-10,12H2,1H3. The van der Waals surface area contributed by atoms with Gasteiger partial charge in [-0.25, -0.2) is 0 Å². The minimum atomic E-state index is 0.377. The second-order valence-corrected chi connectivity index (χ2v) is 5.63. The number of phenols is 1. The van der Waals surface area contributed by atoms with Crippen LogP contribution in [0.1, 0.15) is 31.2 Å². The molecule has 1 aromatic heterocycles. The van der Waals surface area contributed by atoms with Gasteiger partial charge in [-0.1, -0.05) is 25.0 Å². The number of benzene rings is 1. The third-order valence-electron chi connectivity index (χ3n) is 4.16. The van der Waals surface area contributed by atoms with Crippen molar-refractivity contribution in [3.8, 4) is 5.75 Å². The second kappa shape index (κ2) is 5.25. The molecule has 2 aromatic rings. The van der Waals surface area contributed by atoms with E-state index in [1.165, 1.54) is 49.7 Å². The van der Waals surface area contributed by atoms with Crippen LogP contribution in [0.3, 0.4) is 0 Å². The third kappa shape index (κ3) is 2.47. The number of rotatable bonds is 2. The van der Waals surface area contributed by atoms with E-state index in [-0.39, 0.29) is 0 Å². The SMILES string of the molecule is Cn1cc(CN2CCCCCC2)c2cccc(O)c21. The van der Waals surface area contributed by atoms with E-state index in [1.54, 1.807) is 6.07 Å². The molecule has 0 radical (unpaired) electrons. The highest BCUT2D eigenvalue weighted by molar-refractivity contribution is 5.88. The van der Waals surface area contributed by atoms with Gasteiger partial charge in [-0.3, -0.25) is 4.90 Å². The molecule has 0 atom stereocenters. The highest BCUT2D eigenvalue weighted by atomic mass is 16.3. The highest BCUT2D eigenvalue weighted by Crippen LogP contribution is 2.29. The first kappa shape index (κ1) is 12.5. The lowest BCUT2D eigenvalue weighted by atomic mass is 10.1. The molecule has 1 aromatic carbocycles. The van der Waals surface area contributed by atoms with Crippen molar-refractivity contribution in [1.82, 2.24) is 9.47 Å². The molecule has 19 heavy (non-hydrogen) atoms. The zero-order valence-electron chi connectivity index (χ0n) is 11.6. The van der Waals surface area contributed by atoms with Gasteiger partial charge in [-0.15, -0.1) is 0 Å². The Kier molecular flexibility index (Phi) is 3.47. The Balaban J connectivity index is 1.90. The summed E-state index contributed by atoms with van der Waals surface area (Å²) in [6.45, 7) is 3.41.